The molecule has 5 nitrogen and oxygen atoms in total. The van der Waals surface area contributed by atoms with E-state index in [-0.39, 0.29) is 0 Å². The van der Waals surface area contributed by atoms with Gasteiger partial charge in [0.15, 0.2) is 0 Å². The summed E-state index contributed by atoms with van der Waals surface area (Å²) in [6.07, 6.45) is 7.05. The van der Waals surface area contributed by atoms with E-state index in [1.807, 2.05) is 35.1 Å². The van der Waals surface area contributed by atoms with E-state index < -0.39 is 0 Å². The lowest BCUT2D eigenvalue weighted by Crippen LogP contribution is -2.00. The molecule has 0 atom stereocenters. The van der Waals surface area contributed by atoms with Crippen LogP contribution in [0.4, 0.5) is 0 Å². The monoisotopic (exact) mass is 347 g/mol. The normalized spacial score (nSPS) is 10.8. The number of benzene rings is 2. The zero-order valence-electron chi connectivity index (χ0n) is 13.2. The minimum absolute atomic E-state index is 0.652. The minimum Gasteiger partial charge on any atom is -0.247 e. The Morgan fingerprint density at radius 2 is 1.68 bits per heavy atom. The van der Waals surface area contributed by atoms with Gasteiger partial charge in [-0.2, -0.15) is 0 Å². The predicted octanol–water partition coefficient (Wildman–Crippen LogP) is 4.10. The van der Waals surface area contributed by atoms with Crippen molar-refractivity contribution < 1.29 is 0 Å². The summed E-state index contributed by atoms with van der Waals surface area (Å²) in [7, 11) is 0. The number of hydrogen-bond donors (Lipinski definition) is 0. The first kappa shape index (κ1) is 15.5. The Morgan fingerprint density at radius 1 is 0.880 bits per heavy atom. The molecule has 2 aromatic heterocycles. The second-order valence-corrected chi connectivity index (χ2v) is 6.07. The summed E-state index contributed by atoms with van der Waals surface area (Å²) >= 11 is 6.03. The first-order valence-electron chi connectivity index (χ1n) is 7.78. The van der Waals surface area contributed by atoms with Gasteiger partial charge in [-0.25, -0.2) is 14.6 Å². The van der Waals surface area contributed by atoms with E-state index in [1.165, 1.54) is 6.33 Å². The SMILES string of the molecule is Clc1cccc(-c2cn(Cc3ccc(-c4cncnc4)cc3)nn2)c1. The van der Waals surface area contributed by atoms with Crippen molar-refractivity contribution >= 4 is 11.6 Å². The maximum atomic E-state index is 6.03. The molecular formula is C19H14ClN5. The number of rotatable bonds is 4. The second-order valence-electron chi connectivity index (χ2n) is 5.64. The molecule has 6 heteroatoms. The Balaban J connectivity index is 1.51. The molecule has 25 heavy (non-hydrogen) atoms. The van der Waals surface area contributed by atoms with Gasteiger partial charge in [0, 0.05) is 28.5 Å². The van der Waals surface area contributed by atoms with Crippen molar-refractivity contribution in [3.63, 3.8) is 0 Å². The molecule has 4 aromatic rings. The standard InChI is InChI=1S/C19H14ClN5/c20-18-3-1-2-16(8-18)19-12-25(24-23-19)11-14-4-6-15(7-5-14)17-9-21-13-22-10-17/h1-10,12-13H,11H2. The van der Waals surface area contributed by atoms with Gasteiger partial charge in [-0.05, 0) is 23.3 Å². The largest absolute Gasteiger partial charge is 0.247 e. The smallest absolute Gasteiger partial charge is 0.115 e. The molecule has 4 rings (SSSR count). The van der Waals surface area contributed by atoms with Gasteiger partial charge in [-0.15, -0.1) is 5.10 Å². The fourth-order valence-electron chi connectivity index (χ4n) is 2.59. The molecule has 0 radical (unpaired) electrons. The van der Waals surface area contributed by atoms with Gasteiger partial charge in [0.1, 0.15) is 12.0 Å². The van der Waals surface area contributed by atoms with Crippen molar-refractivity contribution in [2.45, 2.75) is 6.54 Å². The van der Waals surface area contributed by atoms with Crippen LogP contribution in [0, 0.1) is 0 Å². The van der Waals surface area contributed by atoms with E-state index in [0.717, 1.165) is 27.9 Å². The van der Waals surface area contributed by atoms with Gasteiger partial charge in [0.05, 0.1) is 12.7 Å². The van der Waals surface area contributed by atoms with Crippen LogP contribution >= 0.6 is 11.6 Å². The van der Waals surface area contributed by atoms with Gasteiger partial charge < -0.3 is 0 Å². The van der Waals surface area contributed by atoms with Crippen molar-refractivity contribution in [3.8, 4) is 22.4 Å². The van der Waals surface area contributed by atoms with Gasteiger partial charge in [-0.3, -0.25) is 0 Å². The van der Waals surface area contributed by atoms with Crippen LogP contribution in [0.5, 0.6) is 0 Å². The third-order valence-corrected chi connectivity index (χ3v) is 4.09. The van der Waals surface area contributed by atoms with E-state index in [2.05, 4.69) is 44.5 Å². The quantitative estimate of drug-likeness (QED) is 0.557. The van der Waals surface area contributed by atoms with Crippen molar-refractivity contribution in [1.29, 1.82) is 0 Å². The maximum Gasteiger partial charge on any atom is 0.115 e. The first-order valence-corrected chi connectivity index (χ1v) is 8.16. The summed E-state index contributed by atoms with van der Waals surface area (Å²) in [5, 5.41) is 9.12. The highest BCUT2D eigenvalue weighted by Crippen LogP contribution is 2.21. The third-order valence-electron chi connectivity index (χ3n) is 3.85. The molecule has 0 N–H and O–H groups in total. The third kappa shape index (κ3) is 3.56. The average molecular weight is 348 g/mol. The van der Waals surface area contributed by atoms with Crippen molar-refractivity contribution in [3.05, 3.63) is 84.0 Å². The lowest BCUT2D eigenvalue weighted by atomic mass is 10.1. The highest BCUT2D eigenvalue weighted by atomic mass is 35.5. The van der Waals surface area contributed by atoms with Gasteiger partial charge in [0.25, 0.3) is 0 Å². The molecule has 0 aliphatic heterocycles. The molecule has 0 spiro atoms. The molecule has 0 aliphatic rings. The second kappa shape index (κ2) is 6.83. The van der Waals surface area contributed by atoms with Gasteiger partial charge in [0.2, 0.25) is 0 Å². The van der Waals surface area contributed by atoms with E-state index in [1.54, 1.807) is 12.4 Å². The zero-order chi connectivity index (χ0) is 17.1. The number of nitrogens with zero attached hydrogens (tertiary/aromatic N) is 5. The van der Waals surface area contributed by atoms with Crippen LogP contribution in [0.3, 0.4) is 0 Å². The molecule has 0 amide bonds. The Hall–Kier alpha value is -3.05. The number of aromatic nitrogens is 5. The summed E-state index contributed by atoms with van der Waals surface area (Å²) in [5.41, 5.74) is 4.99. The molecule has 0 aliphatic carbocycles. The van der Waals surface area contributed by atoms with E-state index in [9.17, 15) is 0 Å². The average Bonchev–Trinajstić information content (AvgIpc) is 3.12. The number of halogens is 1. The van der Waals surface area contributed by atoms with E-state index in [0.29, 0.717) is 11.6 Å². The van der Waals surface area contributed by atoms with Crippen molar-refractivity contribution in [2.75, 3.05) is 0 Å². The summed E-state index contributed by atoms with van der Waals surface area (Å²) < 4.78 is 1.82. The summed E-state index contributed by atoms with van der Waals surface area (Å²) in [6.45, 7) is 0.652. The highest BCUT2D eigenvalue weighted by molar-refractivity contribution is 6.30. The zero-order valence-corrected chi connectivity index (χ0v) is 14.0. The maximum absolute atomic E-state index is 6.03. The Morgan fingerprint density at radius 3 is 2.44 bits per heavy atom. The van der Waals surface area contributed by atoms with E-state index >= 15 is 0 Å². The number of hydrogen-bond acceptors (Lipinski definition) is 4. The summed E-state index contributed by atoms with van der Waals surface area (Å²) in [6, 6.07) is 15.9. The fourth-order valence-corrected chi connectivity index (χ4v) is 2.78. The Kier molecular flexibility index (Phi) is 4.23. The lowest BCUT2D eigenvalue weighted by molar-refractivity contribution is 0.650. The molecule has 0 saturated heterocycles. The Labute approximate surface area is 150 Å². The van der Waals surface area contributed by atoms with Crippen LogP contribution < -0.4 is 0 Å². The molecule has 0 fully saturated rings. The highest BCUT2D eigenvalue weighted by Gasteiger charge is 2.05. The molecule has 122 valence electrons. The van der Waals surface area contributed by atoms with Crippen LogP contribution in [0.15, 0.2) is 73.4 Å². The molecule has 2 heterocycles. The van der Waals surface area contributed by atoms with E-state index in [4.69, 9.17) is 11.6 Å². The fraction of sp³-hybridized carbons (Fsp3) is 0.0526. The van der Waals surface area contributed by atoms with Crippen LogP contribution in [0.1, 0.15) is 5.56 Å². The molecular weight excluding hydrogens is 334 g/mol. The van der Waals surface area contributed by atoms with Crippen LogP contribution in [-0.4, -0.2) is 25.0 Å². The van der Waals surface area contributed by atoms with Crippen LogP contribution in [0.2, 0.25) is 5.02 Å². The minimum atomic E-state index is 0.652. The predicted molar refractivity (Wildman–Crippen MR) is 97.0 cm³/mol. The van der Waals surface area contributed by atoms with Crippen LogP contribution in [0.25, 0.3) is 22.4 Å². The van der Waals surface area contributed by atoms with Gasteiger partial charge >= 0.3 is 0 Å². The molecule has 0 unspecified atom stereocenters. The van der Waals surface area contributed by atoms with Crippen LogP contribution in [-0.2, 0) is 6.54 Å². The van der Waals surface area contributed by atoms with Crippen molar-refractivity contribution in [1.82, 2.24) is 25.0 Å². The molecule has 2 aromatic carbocycles. The summed E-state index contributed by atoms with van der Waals surface area (Å²) in [4.78, 5) is 8.09. The molecule has 0 bridgehead atoms. The summed E-state index contributed by atoms with van der Waals surface area (Å²) in [5.74, 6) is 0. The Bertz CT molecular complexity index is 980. The van der Waals surface area contributed by atoms with Gasteiger partial charge in [-0.1, -0.05) is 53.2 Å². The topological polar surface area (TPSA) is 56.5 Å². The first-order chi connectivity index (χ1) is 12.3. The lowest BCUT2D eigenvalue weighted by Gasteiger charge is -2.04. The van der Waals surface area contributed by atoms with Crippen molar-refractivity contribution in [2.24, 2.45) is 0 Å². The molecule has 0 saturated carbocycles.